The van der Waals surface area contributed by atoms with Crippen LogP contribution in [0.1, 0.15) is 17.1 Å². The predicted molar refractivity (Wildman–Crippen MR) is 120 cm³/mol. The number of fused-ring (bicyclic) bond motifs is 1. The van der Waals surface area contributed by atoms with E-state index in [2.05, 4.69) is 30.2 Å². The van der Waals surface area contributed by atoms with Gasteiger partial charge in [0.2, 0.25) is 5.89 Å². The number of nitrogens with one attached hydrogen (secondary N) is 1. The Bertz CT molecular complexity index is 1430. The first kappa shape index (κ1) is 20.4. The van der Waals surface area contributed by atoms with Crippen molar-refractivity contribution in [2.24, 2.45) is 0 Å². The second-order valence-electron chi connectivity index (χ2n) is 7.34. The monoisotopic (exact) mass is 438 g/mol. The Morgan fingerprint density at radius 2 is 1.76 bits per heavy atom. The summed E-state index contributed by atoms with van der Waals surface area (Å²) in [5.41, 5.74) is 1.28. The van der Waals surface area contributed by atoms with E-state index in [1.807, 2.05) is 19.1 Å². The molecule has 9 nitrogen and oxygen atoms in total. The number of carbonyl (C=O) groups excluding carboxylic acids is 1. The molecule has 5 aromatic rings. The zero-order valence-electron chi connectivity index (χ0n) is 17.5. The third-order valence-corrected chi connectivity index (χ3v) is 5.37. The first-order chi connectivity index (χ1) is 16.1. The fourth-order valence-corrected chi connectivity index (χ4v) is 3.63. The Balaban J connectivity index is 1.57. The van der Waals surface area contributed by atoms with Gasteiger partial charge in [0.05, 0.1) is 29.3 Å². The number of aromatic nitrogens is 5. The summed E-state index contributed by atoms with van der Waals surface area (Å²) in [6.45, 7) is 1.85. The number of oxazole rings is 1. The van der Waals surface area contributed by atoms with Gasteiger partial charge in [0.1, 0.15) is 6.26 Å². The average molecular weight is 438 g/mol. The minimum Gasteiger partial charge on any atom is -0.445 e. The molecule has 2 N–H and O–H groups in total. The van der Waals surface area contributed by atoms with Crippen molar-refractivity contribution in [1.82, 2.24) is 24.9 Å². The van der Waals surface area contributed by atoms with Gasteiger partial charge in [0.15, 0.2) is 0 Å². The summed E-state index contributed by atoms with van der Waals surface area (Å²) in [5, 5.41) is 15.1. The van der Waals surface area contributed by atoms with Crippen molar-refractivity contribution in [2.75, 3.05) is 5.32 Å². The van der Waals surface area contributed by atoms with Crippen molar-refractivity contribution in [3.05, 3.63) is 97.1 Å². The van der Waals surface area contributed by atoms with Gasteiger partial charge in [-0.25, -0.2) is 4.98 Å². The highest BCUT2D eigenvalue weighted by Gasteiger charge is 2.46. The maximum atomic E-state index is 13.4. The number of rotatable bonds is 5. The van der Waals surface area contributed by atoms with Crippen LogP contribution in [-0.2, 0) is 10.4 Å². The normalized spacial score (nSPS) is 12.9. The molecule has 5 heterocycles. The SMILES string of the molecule is Cc1c(NC(=O)[C@@](O)(c2ccccn2)c2ncco2)cncc1-c1cncc2cccnc12. The number of pyridine rings is 4. The van der Waals surface area contributed by atoms with Gasteiger partial charge < -0.3 is 14.8 Å². The first-order valence-electron chi connectivity index (χ1n) is 10.1. The summed E-state index contributed by atoms with van der Waals surface area (Å²) < 4.78 is 5.29. The van der Waals surface area contributed by atoms with E-state index < -0.39 is 11.5 Å². The molecule has 0 bridgehead atoms. The Hall–Kier alpha value is -4.50. The lowest BCUT2D eigenvalue weighted by Gasteiger charge is -2.23. The van der Waals surface area contributed by atoms with E-state index >= 15 is 0 Å². The van der Waals surface area contributed by atoms with Crippen LogP contribution in [-0.4, -0.2) is 35.9 Å². The van der Waals surface area contributed by atoms with Crippen molar-refractivity contribution in [3.63, 3.8) is 0 Å². The number of amides is 1. The van der Waals surface area contributed by atoms with Gasteiger partial charge in [-0.15, -0.1) is 0 Å². The summed E-state index contributed by atoms with van der Waals surface area (Å²) in [5.74, 6) is -0.970. The van der Waals surface area contributed by atoms with E-state index in [4.69, 9.17) is 4.42 Å². The molecule has 0 saturated heterocycles. The van der Waals surface area contributed by atoms with Gasteiger partial charge >= 0.3 is 0 Å². The summed E-state index contributed by atoms with van der Waals surface area (Å²) in [6.07, 6.45) is 12.5. The Morgan fingerprint density at radius 1 is 0.939 bits per heavy atom. The predicted octanol–water partition coefficient (Wildman–Crippen LogP) is 3.26. The quantitative estimate of drug-likeness (QED) is 0.428. The molecule has 33 heavy (non-hydrogen) atoms. The van der Waals surface area contributed by atoms with Gasteiger partial charge in [-0.05, 0) is 36.8 Å². The maximum absolute atomic E-state index is 13.4. The lowest BCUT2D eigenvalue weighted by atomic mass is 9.96. The lowest BCUT2D eigenvalue weighted by Crippen LogP contribution is -2.42. The smallest absolute Gasteiger partial charge is 0.272 e. The maximum Gasteiger partial charge on any atom is 0.272 e. The fourth-order valence-electron chi connectivity index (χ4n) is 3.63. The molecule has 0 unspecified atom stereocenters. The van der Waals surface area contributed by atoms with Crippen LogP contribution in [0.4, 0.5) is 5.69 Å². The average Bonchev–Trinajstić information content (AvgIpc) is 3.41. The Kier molecular flexibility index (Phi) is 5.08. The van der Waals surface area contributed by atoms with E-state index in [9.17, 15) is 9.90 Å². The molecule has 0 fully saturated rings. The minimum absolute atomic E-state index is 0.0779. The number of aliphatic hydroxyl groups is 1. The molecule has 0 aliphatic rings. The van der Waals surface area contributed by atoms with Gasteiger partial charge in [-0.2, -0.15) is 0 Å². The second kappa shape index (κ2) is 8.21. The third kappa shape index (κ3) is 3.50. The van der Waals surface area contributed by atoms with Crippen LogP contribution >= 0.6 is 0 Å². The molecule has 0 aromatic carbocycles. The van der Waals surface area contributed by atoms with Crippen LogP contribution < -0.4 is 5.32 Å². The van der Waals surface area contributed by atoms with E-state index in [-0.39, 0.29) is 11.6 Å². The summed E-state index contributed by atoms with van der Waals surface area (Å²) >= 11 is 0. The molecule has 0 aliphatic carbocycles. The highest BCUT2D eigenvalue weighted by atomic mass is 16.4. The highest BCUT2D eigenvalue weighted by molar-refractivity contribution is 6.01. The molecule has 1 atom stereocenters. The highest BCUT2D eigenvalue weighted by Crippen LogP contribution is 2.33. The van der Waals surface area contributed by atoms with Crippen LogP contribution in [0.15, 0.2) is 84.4 Å². The largest absolute Gasteiger partial charge is 0.445 e. The number of carbonyl (C=O) groups is 1. The number of hydrogen-bond acceptors (Lipinski definition) is 8. The first-order valence-corrected chi connectivity index (χ1v) is 10.1. The zero-order valence-corrected chi connectivity index (χ0v) is 17.5. The molecule has 5 rings (SSSR count). The topological polar surface area (TPSA) is 127 Å². The van der Waals surface area contributed by atoms with Crippen molar-refractivity contribution < 1.29 is 14.3 Å². The molecule has 0 saturated carbocycles. The molecule has 0 aliphatic heterocycles. The van der Waals surface area contributed by atoms with Gasteiger partial charge in [0, 0.05) is 47.5 Å². The van der Waals surface area contributed by atoms with Gasteiger partial charge in [0.25, 0.3) is 11.5 Å². The molecule has 9 heteroatoms. The van der Waals surface area contributed by atoms with E-state index in [1.165, 1.54) is 30.9 Å². The van der Waals surface area contributed by atoms with E-state index in [0.717, 1.165) is 27.6 Å². The molecule has 0 spiro atoms. The lowest BCUT2D eigenvalue weighted by molar-refractivity contribution is -0.133. The summed E-state index contributed by atoms with van der Waals surface area (Å²) in [6, 6.07) is 8.64. The molecule has 0 radical (unpaired) electrons. The van der Waals surface area contributed by atoms with Crippen molar-refractivity contribution >= 4 is 22.5 Å². The molecule has 162 valence electrons. The summed E-state index contributed by atoms with van der Waals surface area (Å²) in [4.78, 5) is 34.6. The van der Waals surface area contributed by atoms with E-state index in [0.29, 0.717) is 5.69 Å². The van der Waals surface area contributed by atoms with Crippen LogP contribution in [0.5, 0.6) is 0 Å². The van der Waals surface area contributed by atoms with E-state index in [1.54, 1.807) is 36.9 Å². The van der Waals surface area contributed by atoms with Crippen molar-refractivity contribution in [2.45, 2.75) is 12.5 Å². The third-order valence-electron chi connectivity index (χ3n) is 5.37. The molecular weight excluding hydrogens is 420 g/mol. The van der Waals surface area contributed by atoms with Crippen LogP contribution in [0.3, 0.4) is 0 Å². The molecular formula is C24H18N6O3. The van der Waals surface area contributed by atoms with Crippen LogP contribution in [0, 0.1) is 6.92 Å². The van der Waals surface area contributed by atoms with Gasteiger partial charge in [-0.1, -0.05) is 6.07 Å². The van der Waals surface area contributed by atoms with Crippen LogP contribution in [0.25, 0.3) is 22.0 Å². The van der Waals surface area contributed by atoms with Crippen LogP contribution in [0.2, 0.25) is 0 Å². The fraction of sp³-hybridized carbons (Fsp3) is 0.0833. The number of hydrogen-bond donors (Lipinski definition) is 2. The standard InChI is InChI=1S/C24H18N6O3/c1-15-17(18-13-25-11-16-5-4-8-28-21(16)18)12-26-14-19(15)30-22(31)24(32,23-29-9-10-33-23)20-6-2-3-7-27-20/h2-14,32H,1H3,(H,30,31)/t24-/m0/s1. The zero-order chi connectivity index (χ0) is 22.8. The molecule has 1 amide bonds. The Labute approximate surface area is 188 Å². The van der Waals surface area contributed by atoms with Crippen molar-refractivity contribution in [1.29, 1.82) is 0 Å². The second-order valence-corrected chi connectivity index (χ2v) is 7.34. The minimum atomic E-state index is -2.24. The Morgan fingerprint density at radius 3 is 2.55 bits per heavy atom. The molecule has 5 aromatic heterocycles. The number of nitrogens with zero attached hydrogens (tertiary/aromatic N) is 5. The van der Waals surface area contributed by atoms with Gasteiger partial charge in [-0.3, -0.25) is 24.7 Å². The van der Waals surface area contributed by atoms with Crippen molar-refractivity contribution in [3.8, 4) is 11.1 Å². The number of anilines is 1. The summed E-state index contributed by atoms with van der Waals surface area (Å²) in [7, 11) is 0.